The number of nitrogens with zero attached hydrogens (tertiary/aromatic N) is 2. The summed E-state index contributed by atoms with van der Waals surface area (Å²) in [5, 5.41) is 20.0. The van der Waals surface area contributed by atoms with Gasteiger partial charge in [0.15, 0.2) is 5.75 Å². The number of aromatic nitrogens is 1. The normalized spacial score (nSPS) is 10.3. The van der Waals surface area contributed by atoms with Crippen molar-refractivity contribution < 1.29 is 14.8 Å². The van der Waals surface area contributed by atoms with Crippen LogP contribution in [0.3, 0.4) is 0 Å². The quantitative estimate of drug-likeness (QED) is 0.668. The van der Waals surface area contributed by atoms with E-state index in [1.54, 1.807) is 18.5 Å². The van der Waals surface area contributed by atoms with Gasteiger partial charge in [0.05, 0.1) is 11.5 Å². The Kier molecular flexibility index (Phi) is 4.27. The lowest BCUT2D eigenvalue weighted by atomic mass is 10.2. The molecule has 0 aliphatic carbocycles. The van der Waals surface area contributed by atoms with Crippen LogP contribution >= 0.6 is 0 Å². The summed E-state index contributed by atoms with van der Waals surface area (Å²) in [6, 6.07) is 6.30. The monoisotopic (exact) mass is 274 g/mol. The molecule has 1 aromatic carbocycles. The average Bonchev–Trinajstić information content (AvgIpc) is 2.45. The first kappa shape index (κ1) is 14.0. The zero-order valence-electron chi connectivity index (χ0n) is 10.9. The molecule has 0 unspecified atom stereocenters. The number of aryl methyl sites for hydroxylation is 1. The van der Waals surface area contributed by atoms with E-state index < -0.39 is 4.92 Å². The Morgan fingerprint density at radius 2 is 2.10 bits per heavy atom. The molecule has 0 fully saturated rings. The standard InChI is InChI=1S/C14H14N2O4/c1-10-4-12(7-15-6-10)9-20-14-3-2-11(8-17)5-13(14)16(18)19/h2-7,17H,8-9H2,1H3. The zero-order valence-corrected chi connectivity index (χ0v) is 10.9. The molecule has 1 heterocycles. The summed E-state index contributed by atoms with van der Waals surface area (Å²) in [7, 11) is 0. The number of pyridine rings is 1. The summed E-state index contributed by atoms with van der Waals surface area (Å²) < 4.78 is 5.48. The minimum absolute atomic E-state index is 0.155. The van der Waals surface area contributed by atoms with Crippen molar-refractivity contribution in [1.29, 1.82) is 0 Å². The van der Waals surface area contributed by atoms with Crippen molar-refractivity contribution >= 4 is 5.69 Å². The third-order valence-electron chi connectivity index (χ3n) is 2.73. The van der Waals surface area contributed by atoms with Crippen molar-refractivity contribution in [2.75, 3.05) is 0 Å². The molecule has 0 spiro atoms. The molecule has 20 heavy (non-hydrogen) atoms. The van der Waals surface area contributed by atoms with Crippen LogP contribution in [0.25, 0.3) is 0 Å². The number of ether oxygens (including phenoxy) is 1. The summed E-state index contributed by atoms with van der Waals surface area (Å²) in [4.78, 5) is 14.5. The molecule has 0 saturated heterocycles. The molecule has 104 valence electrons. The highest BCUT2D eigenvalue weighted by Crippen LogP contribution is 2.28. The molecular weight excluding hydrogens is 260 g/mol. The third-order valence-corrected chi connectivity index (χ3v) is 2.73. The highest BCUT2D eigenvalue weighted by atomic mass is 16.6. The highest BCUT2D eigenvalue weighted by molar-refractivity contribution is 5.48. The maximum Gasteiger partial charge on any atom is 0.311 e. The first-order valence-electron chi connectivity index (χ1n) is 6.01. The highest BCUT2D eigenvalue weighted by Gasteiger charge is 2.16. The Bertz CT molecular complexity index is 628. The van der Waals surface area contributed by atoms with Gasteiger partial charge in [0.1, 0.15) is 6.61 Å². The average molecular weight is 274 g/mol. The van der Waals surface area contributed by atoms with Gasteiger partial charge in [-0.15, -0.1) is 0 Å². The van der Waals surface area contributed by atoms with Gasteiger partial charge in [-0.1, -0.05) is 6.07 Å². The van der Waals surface area contributed by atoms with Crippen molar-refractivity contribution in [2.24, 2.45) is 0 Å². The van der Waals surface area contributed by atoms with Gasteiger partial charge >= 0.3 is 5.69 Å². The molecule has 6 heteroatoms. The Labute approximate surface area is 115 Å². The van der Waals surface area contributed by atoms with Gasteiger partial charge in [-0.05, 0) is 30.2 Å². The van der Waals surface area contributed by atoms with Gasteiger partial charge in [0, 0.05) is 24.0 Å². The van der Waals surface area contributed by atoms with Gasteiger partial charge in [0.25, 0.3) is 0 Å². The largest absolute Gasteiger partial charge is 0.482 e. The molecule has 6 nitrogen and oxygen atoms in total. The summed E-state index contributed by atoms with van der Waals surface area (Å²) in [5.41, 5.74) is 2.15. The number of nitro groups is 1. The van der Waals surface area contributed by atoms with Gasteiger partial charge < -0.3 is 9.84 Å². The van der Waals surface area contributed by atoms with Gasteiger partial charge in [-0.3, -0.25) is 15.1 Å². The molecule has 1 N–H and O–H groups in total. The lowest BCUT2D eigenvalue weighted by molar-refractivity contribution is -0.386. The number of benzene rings is 1. The summed E-state index contributed by atoms with van der Waals surface area (Å²) >= 11 is 0. The number of nitro benzene ring substituents is 1. The van der Waals surface area contributed by atoms with E-state index in [9.17, 15) is 10.1 Å². The second-order valence-electron chi connectivity index (χ2n) is 4.38. The Balaban J connectivity index is 2.18. The fourth-order valence-electron chi connectivity index (χ4n) is 1.78. The molecule has 2 aromatic rings. The molecule has 0 amide bonds. The van der Waals surface area contributed by atoms with Gasteiger partial charge in [-0.2, -0.15) is 0 Å². The van der Waals surface area contributed by atoms with E-state index >= 15 is 0 Å². The van der Waals surface area contributed by atoms with Crippen molar-refractivity contribution in [2.45, 2.75) is 20.1 Å². The molecule has 0 bridgehead atoms. The predicted octanol–water partition coefficient (Wildman–Crippen LogP) is 2.37. The summed E-state index contributed by atoms with van der Waals surface area (Å²) in [6.45, 7) is 1.87. The van der Waals surface area contributed by atoms with E-state index in [1.807, 2.05) is 13.0 Å². The zero-order chi connectivity index (χ0) is 14.5. The third kappa shape index (κ3) is 3.30. The number of aliphatic hydroxyl groups is 1. The first-order valence-corrected chi connectivity index (χ1v) is 6.01. The second-order valence-corrected chi connectivity index (χ2v) is 4.38. The number of rotatable bonds is 5. The van der Waals surface area contributed by atoms with Crippen LogP contribution in [-0.4, -0.2) is 15.0 Å². The van der Waals surface area contributed by atoms with Crippen molar-refractivity contribution in [1.82, 2.24) is 4.98 Å². The lowest BCUT2D eigenvalue weighted by Gasteiger charge is -2.08. The lowest BCUT2D eigenvalue weighted by Crippen LogP contribution is -2.00. The summed E-state index contributed by atoms with van der Waals surface area (Å²) in [6.07, 6.45) is 3.38. The predicted molar refractivity (Wildman–Crippen MR) is 72.3 cm³/mol. The topological polar surface area (TPSA) is 85.5 Å². The Morgan fingerprint density at radius 3 is 2.75 bits per heavy atom. The van der Waals surface area contributed by atoms with Crippen LogP contribution < -0.4 is 4.74 Å². The second kappa shape index (κ2) is 6.12. The van der Waals surface area contributed by atoms with E-state index in [2.05, 4.69) is 4.98 Å². The fraction of sp³-hybridized carbons (Fsp3) is 0.214. The van der Waals surface area contributed by atoms with E-state index in [0.29, 0.717) is 5.56 Å². The van der Waals surface area contributed by atoms with Crippen LogP contribution in [0.15, 0.2) is 36.7 Å². The van der Waals surface area contributed by atoms with Gasteiger partial charge in [-0.25, -0.2) is 0 Å². The number of aliphatic hydroxyl groups excluding tert-OH is 1. The van der Waals surface area contributed by atoms with E-state index in [1.165, 1.54) is 12.1 Å². The van der Waals surface area contributed by atoms with Crippen LogP contribution in [0.2, 0.25) is 0 Å². The molecular formula is C14H14N2O4. The van der Waals surface area contributed by atoms with Gasteiger partial charge in [0.2, 0.25) is 0 Å². The number of hydrogen-bond acceptors (Lipinski definition) is 5. The van der Waals surface area contributed by atoms with Crippen LogP contribution in [-0.2, 0) is 13.2 Å². The van der Waals surface area contributed by atoms with Crippen molar-refractivity contribution in [3.63, 3.8) is 0 Å². The van der Waals surface area contributed by atoms with Crippen LogP contribution in [0.1, 0.15) is 16.7 Å². The summed E-state index contributed by atoms with van der Waals surface area (Å²) in [5.74, 6) is 0.175. The smallest absolute Gasteiger partial charge is 0.311 e. The Hall–Kier alpha value is -2.47. The molecule has 0 aliphatic heterocycles. The van der Waals surface area contributed by atoms with Crippen LogP contribution in [0, 0.1) is 17.0 Å². The minimum Gasteiger partial charge on any atom is -0.482 e. The fourth-order valence-corrected chi connectivity index (χ4v) is 1.78. The SMILES string of the molecule is Cc1cncc(COc2ccc(CO)cc2[N+](=O)[O-])c1. The maximum absolute atomic E-state index is 11.0. The number of hydrogen-bond donors (Lipinski definition) is 1. The maximum atomic E-state index is 11.0. The minimum atomic E-state index is -0.525. The molecule has 0 aliphatic rings. The van der Waals surface area contributed by atoms with Crippen molar-refractivity contribution in [3.8, 4) is 5.75 Å². The molecule has 0 atom stereocenters. The molecule has 0 saturated carbocycles. The van der Waals surface area contributed by atoms with Crippen LogP contribution in [0.5, 0.6) is 5.75 Å². The van der Waals surface area contributed by atoms with Crippen LogP contribution in [0.4, 0.5) is 5.69 Å². The Morgan fingerprint density at radius 1 is 1.30 bits per heavy atom. The molecule has 1 aromatic heterocycles. The van der Waals surface area contributed by atoms with E-state index in [0.717, 1.165) is 11.1 Å². The van der Waals surface area contributed by atoms with E-state index in [-0.39, 0.29) is 24.7 Å². The first-order chi connectivity index (χ1) is 9.60. The molecule has 0 radical (unpaired) electrons. The molecule has 2 rings (SSSR count). The van der Waals surface area contributed by atoms with Crippen molar-refractivity contribution in [3.05, 3.63) is 63.5 Å². The van der Waals surface area contributed by atoms with E-state index in [4.69, 9.17) is 9.84 Å².